The van der Waals surface area contributed by atoms with Gasteiger partial charge in [0.2, 0.25) is 0 Å². The maximum atomic E-state index is 6.39. The van der Waals surface area contributed by atoms with Crippen LogP contribution in [0.5, 0.6) is 0 Å². The monoisotopic (exact) mass is 294 g/mol. The molecule has 2 N–H and O–H groups in total. The number of imidazole rings is 1. The number of hydrogen-bond acceptors (Lipinski definition) is 5. The fourth-order valence-corrected chi connectivity index (χ4v) is 3.16. The number of hydrogen-bond donors (Lipinski definition) is 1. The van der Waals surface area contributed by atoms with Crippen LogP contribution in [0.15, 0.2) is 12.5 Å². The summed E-state index contributed by atoms with van der Waals surface area (Å²) >= 11 is 0. The van der Waals surface area contributed by atoms with Crippen molar-refractivity contribution in [2.45, 2.75) is 25.4 Å². The van der Waals surface area contributed by atoms with Gasteiger partial charge in [0.25, 0.3) is 0 Å². The van der Waals surface area contributed by atoms with Crippen molar-refractivity contribution in [1.29, 1.82) is 0 Å². The molecule has 0 bridgehead atoms. The highest BCUT2D eigenvalue weighted by atomic mass is 16.5. The van der Waals surface area contributed by atoms with E-state index in [-0.39, 0.29) is 6.04 Å². The molecule has 21 heavy (non-hydrogen) atoms. The lowest BCUT2D eigenvalue weighted by molar-refractivity contribution is 0.0369. The summed E-state index contributed by atoms with van der Waals surface area (Å²) in [7, 11) is 0. The van der Waals surface area contributed by atoms with E-state index in [0.717, 1.165) is 71.1 Å². The van der Waals surface area contributed by atoms with Crippen LogP contribution in [0.4, 0.5) is 0 Å². The third kappa shape index (κ3) is 3.83. The van der Waals surface area contributed by atoms with Crippen molar-refractivity contribution in [3.63, 3.8) is 0 Å². The molecule has 1 aromatic heterocycles. The smallest absolute Gasteiger partial charge is 0.0948 e. The van der Waals surface area contributed by atoms with Crippen LogP contribution in [0.1, 0.15) is 24.6 Å². The molecular weight excluding hydrogens is 268 g/mol. The van der Waals surface area contributed by atoms with Crippen LogP contribution in [0, 0.1) is 5.92 Å². The van der Waals surface area contributed by atoms with Crippen LogP contribution in [0.25, 0.3) is 0 Å². The molecule has 1 aromatic rings. The highest BCUT2D eigenvalue weighted by Gasteiger charge is 2.26. The van der Waals surface area contributed by atoms with Gasteiger partial charge in [-0.3, -0.25) is 4.90 Å². The van der Waals surface area contributed by atoms with Crippen molar-refractivity contribution in [2.24, 2.45) is 11.7 Å². The quantitative estimate of drug-likeness (QED) is 0.834. The molecule has 118 valence electrons. The molecule has 0 saturated carbocycles. The number of morpholine rings is 1. The Morgan fingerprint density at radius 2 is 2.10 bits per heavy atom. The topological polar surface area (TPSA) is 65.5 Å². The highest BCUT2D eigenvalue weighted by molar-refractivity contribution is 5.07. The minimum Gasteiger partial charge on any atom is -0.381 e. The number of ether oxygens (including phenoxy) is 2. The number of aryl methyl sites for hydroxylation is 1. The van der Waals surface area contributed by atoms with E-state index in [1.807, 2.05) is 12.5 Å². The fourth-order valence-electron chi connectivity index (χ4n) is 3.16. The third-order valence-corrected chi connectivity index (χ3v) is 4.54. The van der Waals surface area contributed by atoms with Crippen molar-refractivity contribution in [2.75, 3.05) is 46.1 Å². The summed E-state index contributed by atoms with van der Waals surface area (Å²) in [4.78, 5) is 6.75. The van der Waals surface area contributed by atoms with Gasteiger partial charge in [-0.15, -0.1) is 0 Å². The summed E-state index contributed by atoms with van der Waals surface area (Å²) in [5.41, 5.74) is 7.54. The van der Waals surface area contributed by atoms with E-state index in [0.29, 0.717) is 5.92 Å². The van der Waals surface area contributed by atoms with Crippen LogP contribution in [0.2, 0.25) is 0 Å². The summed E-state index contributed by atoms with van der Waals surface area (Å²) in [5.74, 6) is 0.430. The largest absolute Gasteiger partial charge is 0.381 e. The molecule has 0 amide bonds. The third-order valence-electron chi connectivity index (χ3n) is 4.54. The van der Waals surface area contributed by atoms with Gasteiger partial charge < -0.3 is 19.8 Å². The predicted octanol–water partition coefficient (Wildman–Crippen LogP) is 0.642. The second-order valence-electron chi connectivity index (χ2n) is 5.97. The molecular formula is C15H26N4O2. The number of nitrogens with zero attached hydrogens (tertiary/aromatic N) is 3. The average Bonchev–Trinajstić information content (AvgIpc) is 3.19. The zero-order valence-corrected chi connectivity index (χ0v) is 12.6. The van der Waals surface area contributed by atoms with E-state index >= 15 is 0 Å². The second-order valence-corrected chi connectivity index (χ2v) is 5.97. The molecule has 2 saturated heterocycles. The first-order chi connectivity index (χ1) is 10.3. The molecule has 0 spiro atoms. The average molecular weight is 294 g/mol. The van der Waals surface area contributed by atoms with Gasteiger partial charge in [-0.2, -0.15) is 0 Å². The molecule has 6 nitrogen and oxygen atoms in total. The molecule has 2 aliphatic rings. The molecule has 6 heteroatoms. The van der Waals surface area contributed by atoms with Crippen LogP contribution < -0.4 is 5.73 Å². The summed E-state index contributed by atoms with van der Waals surface area (Å²) in [6.45, 7) is 7.54. The molecule has 2 aliphatic heterocycles. The summed E-state index contributed by atoms with van der Waals surface area (Å²) in [6, 6.07) is 0.0402. The molecule has 3 rings (SSSR count). The number of nitrogens with two attached hydrogens (primary N) is 1. The molecule has 2 unspecified atom stereocenters. The van der Waals surface area contributed by atoms with Crippen LogP contribution in [-0.4, -0.2) is 60.5 Å². The minimum absolute atomic E-state index is 0.0402. The van der Waals surface area contributed by atoms with Crippen LogP contribution in [0.3, 0.4) is 0 Å². The number of rotatable bonds is 6. The van der Waals surface area contributed by atoms with Gasteiger partial charge in [0.15, 0.2) is 0 Å². The zero-order chi connectivity index (χ0) is 14.5. The molecule has 2 fully saturated rings. The summed E-state index contributed by atoms with van der Waals surface area (Å²) < 4.78 is 13.0. The van der Waals surface area contributed by atoms with Crippen molar-refractivity contribution in [1.82, 2.24) is 14.5 Å². The van der Waals surface area contributed by atoms with Gasteiger partial charge in [-0.1, -0.05) is 0 Å². The fraction of sp³-hybridized carbons (Fsp3) is 0.800. The standard InChI is InChI=1S/C15H26N4O2/c16-15(13-2-7-21-11-13)14-10-17-12-19(14)4-1-3-18-5-8-20-9-6-18/h10,12-13,15H,1-9,11,16H2. The normalized spacial score (nSPS) is 25.3. The SMILES string of the molecule is NC(c1cncn1CCCN1CCOCC1)C1CCOC1. The lowest BCUT2D eigenvalue weighted by atomic mass is 9.97. The van der Waals surface area contributed by atoms with Crippen molar-refractivity contribution < 1.29 is 9.47 Å². The van der Waals surface area contributed by atoms with E-state index in [1.54, 1.807) is 0 Å². The van der Waals surface area contributed by atoms with Crippen molar-refractivity contribution >= 4 is 0 Å². The molecule has 0 radical (unpaired) electrons. The first kappa shape index (κ1) is 15.0. The van der Waals surface area contributed by atoms with Crippen LogP contribution in [-0.2, 0) is 16.0 Å². The first-order valence-electron chi connectivity index (χ1n) is 7.98. The Bertz CT molecular complexity index is 425. The van der Waals surface area contributed by atoms with Gasteiger partial charge in [0.1, 0.15) is 0 Å². The molecule has 2 atom stereocenters. The van der Waals surface area contributed by atoms with E-state index in [1.165, 1.54) is 0 Å². The molecule has 0 aliphatic carbocycles. The Morgan fingerprint density at radius 1 is 1.24 bits per heavy atom. The molecule has 3 heterocycles. The van der Waals surface area contributed by atoms with Gasteiger partial charge in [-0.25, -0.2) is 4.98 Å². The predicted molar refractivity (Wildman–Crippen MR) is 80.0 cm³/mol. The second kappa shape index (κ2) is 7.35. The summed E-state index contributed by atoms with van der Waals surface area (Å²) in [5, 5.41) is 0. The number of aromatic nitrogens is 2. The van der Waals surface area contributed by atoms with Gasteiger partial charge in [0.05, 0.1) is 37.9 Å². The Balaban J connectivity index is 1.50. The van der Waals surface area contributed by atoms with E-state index in [4.69, 9.17) is 15.2 Å². The van der Waals surface area contributed by atoms with Gasteiger partial charge in [0, 0.05) is 44.9 Å². The lowest BCUT2D eigenvalue weighted by Gasteiger charge is -2.26. The Morgan fingerprint density at radius 3 is 2.86 bits per heavy atom. The zero-order valence-electron chi connectivity index (χ0n) is 12.6. The minimum atomic E-state index is 0.0402. The van der Waals surface area contributed by atoms with E-state index in [2.05, 4.69) is 14.5 Å². The Labute approximate surface area is 126 Å². The maximum Gasteiger partial charge on any atom is 0.0948 e. The van der Waals surface area contributed by atoms with Gasteiger partial charge >= 0.3 is 0 Å². The van der Waals surface area contributed by atoms with E-state index in [9.17, 15) is 0 Å². The summed E-state index contributed by atoms with van der Waals surface area (Å²) in [6.07, 6.45) is 6.00. The highest BCUT2D eigenvalue weighted by Crippen LogP contribution is 2.26. The van der Waals surface area contributed by atoms with Gasteiger partial charge in [-0.05, 0) is 12.8 Å². The lowest BCUT2D eigenvalue weighted by Crippen LogP contribution is -2.37. The first-order valence-corrected chi connectivity index (χ1v) is 7.98. The maximum absolute atomic E-state index is 6.39. The molecule has 0 aromatic carbocycles. The van der Waals surface area contributed by atoms with Crippen LogP contribution >= 0.6 is 0 Å². The Kier molecular flexibility index (Phi) is 5.24. The van der Waals surface area contributed by atoms with Crippen molar-refractivity contribution in [3.8, 4) is 0 Å². The van der Waals surface area contributed by atoms with E-state index < -0.39 is 0 Å². The Hall–Kier alpha value is -0.950. The van der Waals surface area contributed by atoms with Crippen molar-refractivity contribution in [3.05, 3.63) is 18.2 Å².